The molecule has 0 unspecified atom stereocenters. The molecule has 0 aliphatic carbocycles. The summed E-state index contributed by atoms with van der Waals surface area (Å²) in [5.41, 5.74) is 0. The summed E-state index contributed by atoms with van der Waals surface area (Å²) in [4.78, 5) is 0. The van der Waals surface area contributed by atoms with Crippen molar-refractivity contribution in [1.82, 2.24) is 0 Å². The first-order valence-corrected chi connectivity index (χ1v) is 5.00. The summed E-state index contributed by atoms with van der Waals surface area (Å²) in [5.74, 6) is 0. The van der Waals surface area contributed by atoms with Gasteiger partial charge in [-0.05, 0) is 0 Å². The van der Waals surface area contributed by atoms with Crippen molar-refractivity contribution < 1.29 is 10.3 Å². The molecule has 38 valence electrons. The van der Waals surface area contributed by atoms with Crippen molar-refractivity contribution in [1.29, 1.82) is 0 Å². The predicted octanol–water partition coefficient (Wildman–Crippen LogP) is -2.26. The molecule has 0 aromatic carbocycles. The second kappa shape index (κ2) is 13.3. The molecule has 0 spiro atoms. The molecule has 0 aliphatic rings. The molecular weight excluding hydrogens is 362 g/mol. The predicted molar refractivity (Wildman–Crippen MR) is 39.8 cm³/mol. The minimum absolute atomic E-state index is 0. The Morgan fingerprint density at radius 3 is 1.38 bits per heavy atom. The normalized spacial score (nSPS) is 7.38. The van der Waals surface area contributed by atoms with E-state index in [2.05, 4.69) is 5.72 Å². The van der Waals surface area contributed by atoms with Gasteiger partial charge < -0.3 is 0 Å². The Hall–Kier alpha value is 3.75. The van der Waals surface area contributed by atoms with Crippen molar-refractivity contribution >= 4 is 113 Å². The third-order valence-corrected chi connectivity index (χ3v) is 3.87. The summed E-state index contributed by atoms with van der Waals surface area (Å²) in [5, 5.41) is 0. The summed E-state index contributed by atoms with van der Waals surface area (Å²) < 4.78 is 18.8. The zero-order chi connectivity index (χ0) is 4.99. The molecule has 0 bridgehead atoms. The first-order valence-electron chi connectivity index (χ1n) is 1.08. The van der Waals surface area contributed by atoms with E-state index in [9.17, 15) is 4.57 Å². The molecule has 0 aromatic heterocycles. The zero-order valence-electron chi connectivity index (χ0n) is 2.88. The second-order valence-electron chi connectivity index (χ2n) is 0.486. The molecule has 4 radical (unpaired) electrons. The van der Waals surface area contributed by atoms with Crippen LogP contribution in [0.5, 0.6) is 0 Å². The number of hydrogen-bond donors (Lipinski definition) is 0. The topological polar surface area (TPSA) is 35.5 Å². The van der Waals surface area contributed by atoms with E-state index in [1.165, 1.54) is 0 Å². The Kier molecular flexibility index (Phi) is 29.6. The fourth-order valence-electron chi connectivity index (χ4n) is 0.0278. The average molecular weight is 367 g/mol. The molecule has 0 fully saturated rings. The van der Waals surface area contributed by atoms with Gasteiger partial charge in [-0.1, -0.05) is 0 Å². The first-order chi connectivity index (χ1) is 2.81. The van der Waals surface area contributed by atoms with Crippen LogP contribution in [0, 0.1) is 0 Å². The second-order valence-corrected chi connectivity index (χ2v) is 5.49. The average Bonchev–Trinajstić information content (AvgIpc) is 1.65. The van der Waals surface area contributed by atoms with Gasteiger partial charge in [-0.25, -0.2) is 0 Å². The molecule has 0 atom stereocenters. The summed E-state index contributed by atoms with van der Waals surface area (Å²) in [6, 6.07) is 0. The Bertz CT molecular complexity index is 53.2. The fraction of sp³-hybridized carbons (Fsp3) is 0. The Labute approximate surface area is 121 Å². The van der Waals surface area contributed by atoms with E-state index in [4.69, 9.17) is 0 Å². The van der Waals surface area contributed by atoms with Gasteiger partial charge in [0.05, 0.1) is 0 Å². The van der Waals surface area contributed by atoms with Gasteiger partial charge in [0.1, 0.15) is 0 Å². The summed E-state index contributed by atoms with van der Waals surface area (Å²) in [6.07, 6.45) is 0. The summed E-state index contributed by atoms with van der Waals surface area (Å²) in [6.45, 7) is 0. The third-order valence-electron chi connectivity index (χ3n) is 0.192. The van der Waals surface area contributed by atoms with Gasteiger partial charge in [0.15, 0.2) is 0 Å². The Balaban J connectivity index is -0.000000125. The number of rotatable bonds is 2. The van der Waals surface area contributed by atoms with Crippen LogP contribution in [0.3, 0.4) is 0 Å². The molecular formula is H5Na2O3PSn2. The van der Waals surface area contributed by atoms with E-state index in [1.54, 1.807) is 0 Å². The summed E-state index contributed by atoms with van der Waals surface area (Å²) in [7, 11) is -2.00. The molecule has 3 nitrogen and oxygen atoms in total. The van der Waals surface area contributed by atoms with Gasteiger partial charge >= 0.3 is 124 Å². The van der Waals surface area contributed by atoms with Gasteiger partial charge in [-0.2, -0.15) is 0 Å². The first kappa shape index (κ1) is 17.7. The van der Waals surface area contributed by atoms with Crippen molar-refractivity contribution in [3.63, 3.8) is 0 Å². The van der Waals surface area contributed by atoms with Gasteiger partial charge in [-0.15, -0.1) is 0 Å². The molecule has 8 heteroatoms. The maximum absolute atomic E-state index is 9.99. The standard InChI is InChI=1S/2Na.H3O3P.2Sn.4H/c;;1-4(2)3;;;;;;/h;;4H,(H2,1,2,3);;;;;;/q;;;2*+1;;;;/p-2. The van der Waals surface area contributed by atoms with Crippen LogP contribution in [-0.2, 0) is 10.3 Å². The SMILES string of the molecule is O=[PH]([O][SnH])[O][SnH].[NaH].[NaH]. The molecule has 0 heterocycles. The fourth-order valence-corrected chi connectivity index (χ4v) is 3.75. The molecule has 8 heavy (non-hydrogen) atoms. The van der Waals surface area contributed by atoms with Crippen LogP contribution >= 0.6 is 8.25 Å². The number of hydrogen-bond acceptors (Lipinski definition) is 3. The van der Waals surface area contributed by atoms with Gasteiger partial charge in [0, 0.05) is 0 Å². The molecule has 0 saturated heterocycles. The third kappa shape index (κ3) is 12.4. The van der Waals surface area contributed by atoms with Crippen LogP contribution < -0.4 is 0 Å². The van der Waals surface area contributed by atoms with Crippen molar-refractivity contribution in [2.24, 2.45) is 0 Å². The van der Waals surface area contributed by atoms with E-state index in [0.29, 0.717) is 45.9 Å². The molecule has 0 saturated carbocycles. The van der Waals surface area contributed by atoms with Crippen molar-refractivity contribution in [3.05, 3.63) is 0 Å². The van der Waals surface area contributed by atoms with Gasteiger partial charge in [-0.3, -0.25) is 0 Å². The van der Waals surface area contributed by atoms with Gasteiger partial charge in [0.25, 0.3) is 0 Å². The maximum atomic E-state index is 9.99. The van der Waals surface area contributed by atoms with Crippen LogP contribution in [0.1, 0.15) is 0 Å². The zero-order valence-corrected chi connectivity index (χ0v) is 10.5. The van der Waals surface area contributed by atoms with Crippen LogP contribution in [-0.4, -0.2) is 105 Å². The van der Waals surface area contributed by atoms with E-state index in [1.807, 2.05) is 0 Å². The monoisotopic (exact) mass is 370 g/mol. The van der Waals surface area contributed by atoms with Crippen molar-refractivity contribution in [2.45, 2.75) is 0 Å². The Morgan fingerprint density at radius 1 is 1.12 bits per heavy atom. The quantitative estimate of drug-likeness (QED) is 0.409. The summed E-state index contributed by atoms with van der Waals surface area (Å²) >= 11 is 1.13. The molecule has 0 rings (SSSR count). The van der Waals surface area contributed by atoms with Gasteiger partial charge in [0.2, 0.25) is 0 Å². The van der Waals surface area contributed by atoms with Crippen LogP contribution in [0.4, 0.5) is 0 Å². The Morgan fingerprint density at radius 2 is 1.38 bits per heavy atom. The molecule has 0 N–H and O–H groups in total. The van der Waals surface area contributed by atoms with Crippen molar-refractivity contribution in [2.75, 3.05) is 0 Å². The minimum atomic E-state index is -2.00. The molecule has 0 aliphatic heterocycles. The van der Waals surface area contributed by atoms with Crippen molar-refractivity contribution in [3.8, 4) is 0 Å². The van der Waals surface area contributed by atoms with E-state index >= 15 is 0 Å². The van der Waals surface area contributed by atoms with E-state index in [-0.39, 0.29) is 59.1 Å². The van der Waals surface area contributed by atoms with Crippen LogP contribution in [0.2, 0.25) is 0 Å². The van der Waals surface area contributed by atoms with E-state index in [0.717, 1.165) is 0 Å². The van der Waals surface area contributed by atoms with Crippen LogP contribution in [0.25, 0.3) is 0 Å². The molecule has 0 amide bonds. The molecule has 0 aromatic rings. The van der Waals surface area contributed by atoms with Crippen LogP contribution in [0.15, 0.2) is 0 Å². The van der Waals surface area contributed by atoms with E-state index < -0.39 is 8.25 Å².